The highest BCUT2D eigenvalue weighted by Crippen LogP contribution is 2.38. The Bertz CT molecular complexity index is 1500. The largest absolute Gasteiger partial charge is 0.497 e. The minimum absolute atomic E-state index is 0.181. The fourth-order valence-electron chi connectivity index (χ4n) is 3.75. The van der Waals surface area contributed by atoms with Crippen molar-refractivity contribution in [3.05, 3.63) is 76.2 Å². The number of aryl methyl sites for hydroxylation is 4. The van der Waals surface area contributed by atoms with Gasteiger partial charge < -0.3 is 4.74 Å². The molecule has 0 saturated heterocycles. The molecular formula is C24H25N3O4S2. The number of hydrogen-bond acceptors (Lipinski definition) is 5. The topological polar surface area (TPSA) is 82.3 Å². The number of ether oxygens (including phenoxy) is 1. The Morgan fingerprint density at radius 1 is 0.879 bits per heavy atom. The standard InChI is InChI=1S/C24H25N3O4S2/c1-15-10-16(2)12-19(11-15)33(29,30)25-20-13-21-22(27(4)24(28)26(21)3)14-23(20)32-18-8-6-17(31-5)7-9-18/h6-14,25H,1-5H3. The Morgan fingerprint density at radius 3 is 2.03 bits per heavy atom. The number of nitrogens with one attached hydrogen (secondary N) is 1. The van der Waals surface area contributed by atoms with Gasteiger partial charge in [0.25, 0.3) is 10.0 Å². The van der Waals surface area contributed by atoms with Crippen molar-refractivity contribution in [1.29, 1.82) is 0 Å². The van der Waals surface area contributed by atoms with Crippen molar-refractivity contribution < 1.29 is 13.2 Å². The molecule has 0 atom stereocenters. The minimum atomic E-state index is -3.85. The summed E-state index contributed by atoms with van der Waals surface area (Å²) < 4.78 is 37.6. The van der Waals surface area contributed by atoms with Crippen LogP contribution in [0, 0.1) is 13.8 Å². The van der Waals surface area contributed by atoms with Crippen LogP contribution >= 0.6 is 11.8 Å². The van der Waals surface area contributed by atoms with Crippen LogP contribution in [0.5, 0.6) is 5.75 Å². The average Bonchev–Trinajstić information content (AvgIpc) is 2.97. The molecule has 0 spiro atoms. The Balaban J connectivity index is 1.84. The fraction of sp³-hybridized carbons (Fsp3) is 0.208. The van der Waals surface area contributed by atoms with Crippen LogP contribution in [-0.4, -0.2) is 24.7 Å². The van der Waals surface area contributed by atoms with Gasteiger partial charge in [0.2, 0.25) is 0 Å². The number of fused-ring (bicyclic) bond motifs is 1. The highest BCUT2D eigenvalue weighted by molar-refractivity contribution is 7.99. The lowest BCUT2D eigenvalue weighted by Crippen LogP contribution is -2.19. The second kappa shape index (κ2) is 8.64. The molecule has 3 aromatic carbocycles. The molecule has 0 saturated carbocycles. The van der Waals surface area contributed by atoms with Gasteiger partial charge in [-0.25, -0.2) is 13.2 Å². The number of methoxy groups -OCH3 is 1. The van der Waals surface area contributed by atoms with Crippen LogP contribution in [0.25, 0.3) is 11.0 Å². The lowest BCUT2D eigenvalue weighted by molar-refractivity contribution is 0.414. The normalized spacial score (nSPS) is 11.7. The van der Waals surface area contributed by atoms with Crippen LogP contribution in [-0.2, 0) is 24.1 Å². The first-order chi connectivity index (χ1) is 15.6. The maximum Gasteiger partial charge on any atom is 0.328 e. The average molecular weight is 484 g/mol. The zero-order valence-electron chi connectivity index (χ0n) is 19.0. The molecule has 9 heteroatoms. The lowest BCUT2D eigenvalue weighted by Gasteiger charge is -2.14. The van der Waals surface area contributed by atoms with E-state index in [2.05, 4.69) is 4.72 Å². The van der Waals surface area contributed by atoms with Gasteiger partial charge in [-0.1, -0.05) is 17.8 Å². The number of anilines is 1. The zero-order chi connectivity index (χ0) is 23.9. The Kier molecular flexibility index (Phi) is 6.02. The Morgan fingerprint density at radius 2 is 1.45 bits per heavy atom. The van der Waals surface area contributed by atoms with Crippen molar-refractivity contribution in [2.24, 2.45) is 14.1 Å². The third-order valence-electron chi connectivity index (χ3n) is 5.41. The number of hydrogen-bond donors (Lipinski definition) is 1. The third-order valence-corrected chi connectivity index (χ3v) is 7.82. The van der Waals surface area contributed by atoms with E-state index in [1.807, 2.05) is 50.2 Å². The van der Waals surface area contributed by atoms with E-state index in [0.29, 0.717) is 21.6 Å². The molecule has 0 fully saturated rings. The zero-order valence-corrected chi connectivity index (χ0v) is 20.7. The smallest absolute Gasteiger partial charge is 0.328 e. The molecule has 7 nitrogen and oxygen atoms in total. The van der Waals surface area contributed by atoms with Gasteiger partial charge in [-0.2, -0.15) is 0 Å². The number of imidazole rings is 1. The summed E-state index contributed by atoms with van der Waals surface area (Å²) in [4.78, 5) is 14.3. The maximum absolute atomic E-state index is 13.3. The summed E-state index contributed by atoms with van der Waals surface area (Å²) in [6.45, 7) is 3.73. The number of sulfonamides is 1. The Hall–Kier alpha value is -3.17. The van der Waals surface area contributed by atoms with Gasteiger partial charge in [0.15, 0.2) is 0 Å². The first kappa shape index (κ1) is 23.0. The van der Waals surface area contributed by atoms with Crippen molar-refractivity contribution in [3.8, 4) is 5.75 Å². The summed E-state index contributed by atoms with van der Waals surface area (Å²) >= 11 is 1.41. The van der Waals surface area contributed by atoms with Gasteiger partial charge in [0.05, 0.1) is 28.7 Å². The van der Waals surface area contributed by atoms with E-state index in [-0.39, 0.29) is 10.6 Å². The lowest BCUT2D eigenvalue weighted by atomic mass is 10.2. The van der Waals surface area contributed by atoms with Crippen molar-refractivity contribution in [3.63, 3.8) is 0 Å². The summed E-state index contributed by atoms with van der Waals surface area (Å²) in [5.74, 6) is 0.732. The summed E-state index contributed by atoms with van der Waals surface area (Å²) in [5, 5.41) is 0. The minimum Gasteiger partial charge on any atom is -0.497 e. The molecule has 0 radical (unpaired) electrons. The molecule has 33 heavy (non-hydrogen) atoms. The molecular weight excluding hydrogens is 458 g/mol. The first-order valence-electron chi connectivity index (χ1n) is 10.2. The van der Waals surface area contributed by atoms with E-state index >= 15 is 0 Å². The number of nitrogens with zero attached hydrogens (tertiary/aromatic N) is 2. The predicted octanol–water partition coefficient (Wildman–Crippen LogP) is 4.45. The monoisotopic (exact) mass is 483 g/mol. The van der Waals surface area contributed by atoms with Gasteiger partial charge in [-0.05, 0) is 73.5 Å². The second-order valence-corrected chi connectivity index (χ2v) is 10.7. The number of benzene rings is 3. The van der Waals surface area contributed by atoms with Gasteiger partial charge >= 0.3 is 5.69 Å². The van der Waals surface area contributed by atoms with E-state index in [0.717, 1.165) is 21.8 Å². The first-order valence-corrected chi connectivity index (χ1v) is 12.5. The molecule has 0 aliphatic rings. The maximum atomic E-state index is 13.3. The summed E-state index contributed by atoms with van der Waals surface area (Å²) in [6.07, 6.45) is 0. The molecule has 0 unspecified atom stereocenters. The van der Waals surface area contributed by atoms with Gasteiger partial charge in [-0.3, -0.25) is 13.9 Å². The third kappa shape index (κ3) is 4.51. The van der Waals surface area contributed by atoms with E-state index in [9.17, 15) is 13.2 Å². The van der Waals surface area contributed by atoms with Gasteiger partial charge in [-0.15, -0.1) is 0 Å². The summed E-state index contributed by atoms with van der Waals surface area (Å²) in [5.41, 5.74) is 3.31. The molecule has 0 amide bonds. The van der Waals surface area contributed by atoms with E-state index < -0.39 is 10.0 Å². The van der Waals surface area contributed by atoms with Crippen LogP contribution in [0.3, 0.4) is 0 Å². The van der Waals surface area contributed by atoms with Crippen molar-refractivity contribution in [2.45, 2.75) is 28.5 Å². The van der Waals surface area contributed by atoms with E-state index in [4.69, 9.17) is 4.74 Å². The van der Waals surface area contributed by atoms with E-state index in [1.54, 1.807) is 44.0 Å². The van der Waals surface area contributed by atoms with Crippen LogP contribution in [0.4, 0.5) is 5.69 Å². The van der Waals surface area contributed by atoms with Gasteiger partial charge in [0, 0.05) is 23.9 Å². The van der Waals surface area contributed by atoms with Crippen molar-refractivity contribution >= 4 is 38.5 Å². The molecule has 4 rings (SSSR count). The predicted molar refractivity (Wildman–Crippen MR) is 132 cm³/mol. The van der Waals surface area contributed by atoms with Crippen LogP contribution in [0.2, 0.25) is 0 Å². The van der Waals surface area contributed by atoms with Crippen LogP contribution in [0.1, 0.15) is 11.1 Å². The molecule has 0 aliphatic heterocycles. The number of rotatable bonds is 6. The van der Waals surface area contributed by atoms with Crippen LogP contribution < -0.4 is 15.1 Å². The fourth-order valence-corrected chi connectivity index (χ4v) is 5.99. The Labute approximate surface area is 197 Å². The molecule has 1 aromatic heterocycles. The molecule has 4 aromatic rings. The molecule has 0 bridgehead atoms. The number of aromatic nitrogens is 2. The SMILES string of the molecule is COc1ccc(Sc2cc3c(cc2NS(=O)(=O)c2cc(C)cc(C)c2)n(C)c(=O)n3C)cc1. The molecule has 0 aliphatic carbocycles. The van der Waals surface area contributed by atoms with Crippen molar-refractivity contribution in [2.75, 3.05) is 11.8 Å². The summed E-state index contributed by atoms with van der Waals surface area (Å²) in [6, 6.07) is 16.3. The van der Waals surface area contributed by atoms with Crippen LogP contribution in [0.15, 0.2) is 74.1 Å². The van der Waals surface area contributed by atoms with E-state index in [1.165, 1.54) is 16.3 Å². The highest BCUT2D eigenvalue weighted by atomic mass is 32.2. The second-order valence-electron chi connectivity index (χ2n) is 7.94. The molecule has 1 N–H and O–H groups in total. The highest BCUT2D eigenvalue weighted by Gasteiger charge is 2.20. The molecule has 1 heterocycles. The van der Waals surface area contributed by atoms with Crippen molar-refractivity contribution in [1.82, 2.24) is 9.13 Å². The molecule has 172 valence electrons. The quantitative estimate of drug-likeness (QED) is 0.438. The summed E-state index contributed by atoms with van der Waals surface area (Å²) in [7, 11) is 1.13. The van der Waals surface area contributed by atoms with Gasteiger partial charge in [0.1, 0.15) is 5.75 Å².